The third-order valence-electron chi connectivity index (χ3n) is 9.39. The number of hydrogen-bond acceptors (Lipinski definition) is 4. The molecule has 0 amide bonds. The molecule has 0 atom stereocenters. The number of allylic oxidation sites excluding steroid dienone is 2. The first-order valence-electron chi connectivity index (χ1n) is 17.6. The molecule has 2 aromatic heterocycles. The smallest absolute Gasteiger partial charge is 0.162 e. The number of aromatic nitrogens is 1. The number of fused-ring (bicyclic) bond motifs is 2. The third-order valence-corrected chi connectivity index (χ3v) is 11.5. The van der Waals surface area contributed by atoms with Crippen LogP contribution in [0.25, 0.3) is 44.3 Å². The van der Waals surface area contributed by atoms with E-state index in [9.17, 15) is 9.90 Å². The van der Waals surface area contributed by atoms with Crippen LogP contribution in [0.4, 0.5) is 0 Å². The van der Waals surface area contributed by atoms with Gasteiger partial charge in [-0.2, -0.15) is 0 Å². The van der Waals surface area contributed by atoms with Gasteiger partial charge in [-0.15, -0.1) is 29.1 Å². The number of benzene rings is 3. The zero-order valence-electron chi connectivity index (χ0n) is 31.0. The standard InChI is InChI=1S/C30H30NOSi.C13H24O2.Ir/c1-30(2,3)26-18-23(17-21-9-7-8-10-25(21)26)28-29-22(15-16-31-28)19-27(32-29)20-11-13-24(14-12-20)33(4,5)6;1-5-10(6-2)12(14)9-13(15)11(7-3)8-4;/h7-16,18-19H,1-6H3;9-11,14H,5-8H2,1-4H3;/q-1;;/b;12-9-;. The van der Waals surface area contributed by atoms with Gasteiger partial charge in [-0.25, -0.2) is 0 Å². The predicted octanol–water partition coefficient (Wildman–Crippen LogP) is 11.8. The van der Waals surface area contributed by atoms with Crippen LogP contribution in [0.2, 0.25) is 19.6 Å². The Hall–Kier alpha value is -3.31. The van der Waals surface area contributed by atoms with Gasteiger partial charge in [0.2, 0.25) is 0 Å². The Morgan fingerprint density at radius 3 is 2.08 bits per heavy atom. The van der Waals surface area contributed by atoms with Crippen LogP contribution in [0, 0.1) is 17.9 Å². The predicted molar refractivity (Wildman–Crippen MR) is 207 cm³/mol. The topological polar surface area (TPSA) is 63.3 Å². The van der Waals surface area contributed by atoms with Crippen molar-refractivity contribution in [2.75, 3.05) is 0 Å². The zero-order valence-corrected chi connectivity index (χ0v) is 34.4. The average molecular weight is 853 g/mol. The van der Waals surface area contributed by atoms with Crippen molar-refractivity contribution in [3.05, 3.63) is 96.4 Å². The molecule has 0 fully saturated rings. The molecule has 0 saturated heterocycles. The van der Waals surface area contributed by atoms with E-state index in [1.165, 1.54) is 22.2 Å². The number of pyridine rings is 1. The molecular formula is C43H54IrNO3Si-. The number of furan rings is 1. The molecule has 0 aliphatic carbocycles. The number of nitrogens with zero attached hydrogens (tertiary/aromatic N) is 1. The normalized spacial score (nSPS) is 12.3. The van der Waals surface area contributed by atoms with E-state index in [4.69, 9.17) is 9.40 Å². The maximum absolute atomic E-state index is 11.7. The third kappa shape index (κ3) is 9.69. The van der Waals surface area contributed by atoms with Gasteiger partial charge in [-0.3, -0.25) is 9.78 Å². The van der Waals surface area contributed by atoms with Crippen LogP contribution < -0.4 is 5.19 Å². The molecule has 5 aromatic rings. The molecule has 263 valence electrons. The average Bonchev–Trinajstić information content (AvgIpc) is 3.50. The number of hydrogen-bond donors (Lipinski definition) is 1. The van der Waals surface area contributed by atoms with Gasteiger partial charge in [0.05, 0.1) is 13.8 Å². The first-order valence-corrected chi connectivity index (χ1v) is 21.1. The summed E-state index contributed by atoms with van der Waals surface area (Å²) in [7, 11) is -1.33. The van der Waals surface area contributed by atoms with Gasteiger partial charge in [-0.1, -0.05) is 127 Å². The Kier molecular flexibility index (Phi) is 14.0. The van der Waals surface area contributed by atoms with E-state index in [0.717, 1.165) is 64.6 Å². The van der Waals surface area contributed by atoms with Gasteiger partial charge in [0.15, 0.2) is 5.78 Å². The first kappa shape index (κ1) is 40.1. The minimum Gasteiger partial charge on any atom is -0.512 e. The van der Waals surface area contributed by atoms with Gasteiger partial charge < -0.3 is 9.52 Å². The monoisotopic (exact) mass is 853 g/mol. The molecule has 4 nitrogen and oxygen atoms in total. The number of aliphatic hydroxyl groups excluding tert-OH is 1. The second-order valence-corrected chi connectivity index (χ2v) is 20.0. The van der Waals surface area contributed by atoms with Gasteiger partial charge in [0.1, 0.15) is 11.3 Å². The molecule has 6 heteroatoms. The van der Waals surface area contributed by atoms with E-state index in [2.05, 4.69) is 107 Å². The van der Waals surface area contributed by atoms with Crippen molar-refractivity contribution in [2.24, 2.45) is 11.8 Å². The minimum absolute atomic E-state index is 0. The largest absolute Gasteiger partial charge is 0.512 e. The maximum atomic E-state index is 11.7. The van der Waals surface area contributed by atoms with E-state index >= 15 is 0 Å². The van der Waals surface area contributed by atoms with Crippen LogP contribution in [-0.4, -0.2) is 23.9 Å². The molecule has 5 rings (SSSR count). The van der Waals surface area contributed by atoms with Crippen molar-refractivity contribution in [3.63, 3.8) is 0 Å². The van der Waals surface area contributed by atoms with Gasteiger partial charge in [0, 0.05) is 60.9 Å². The molecule has 1 N–H and O–H groups in total. The van der Waals surface area contributed by atoms with E-state index in [1.807, 2.05) is 40.0 Å². The van der Waals surface area contributed by atoms with E-state index in [0.29, 0.717) is 0 Å². The zero-order chi connectivity index (χ0) is 35.2. The summed E-state index contributed by atoms with van der Waals surface area (Å²) in [6.45, 7) is 21.9. The van der Waals surface area contributed by atoms with Gasteiger partial charge >= 0.3 is 0 Å². The van der Waals surface area contributed by atoms with Crippen LogP contribution in [0.3, 0.4) is 0 Å². The summed E-state index contributed by atoms with van der Waals surface area (Å²) in [6, 6.07) is 27.3. The van der Waals surface area contributed by atoms with Crippen molar-refractivity contribution in [2.45, 2.75) is 99.2 Å². The Bertz CT molecular complexity index is 1870. The SMILES string of the molecule is CC(C)(C)c1cc(-c2nccc3cc(-c4ccc([Si](C)(C)C)cc4)oc23)[c-]c2ccccc12.CCC(CC)C(=O)/C=C(\O)C(CC)CC.[Ir]. The van der Waals surface area contributed by atoms with Gasteiger partial charge in [0.25, 0.3) is 0 Å². The molecule has 3 aromatic carbocycles. The van der Waals surface area contributed by atoms with E-state index in [1.54, 1.807) is 0 Å². The molecule has 1 radical (unpaired) electrons. The second kappa shape index (κ2) is 17.1. The molecule has 0 unspecified atom stereocenters. The Balaban J connectivity index is 0.000000347. The summed E-state index contributed by atoms with van der Waals surface area (Å²) >= 11 is 0. The first-order chi connectivity index (χ1) is 22.7. The summed E-state index contributed by atoms with van der Waals surface area (Å²) in [5.41, 5.74) is 5.02. The molecule has 0 aliphatic heterocycles. The maximum Gasteiger partial charge on any atom is 0.162 e. The fourth-order valence-electron chi connectivity index (χ4n) is 6.19. The fraction of sp³-hybridized carbons (Fsp3) is 0.395. The van der Waals surface area contributed by atoms with Crippen LogP contribution in [-0.2, 0) is 30.3 Å². The summed E-state index contributed by atoms with van der Waals surface area (Å²) in [4.78, 5) is 16.5. The summed E-state index contributed by atoms with van der Waals surface area (Å²) in [6.07, 6.45) is 6.77. The molecule has 0 bridgehead atoms. The number of rotatable bonds is 10. The summed E-state index contributed by atoms with van der Waals surface area (Å²) < 4.78 is 6.43. The molecular weight excluding hydrogens is 799 g/mol. The Morgan fingerprint density at radius 1 is 0.898 bits per heavy atom. The van der Waals surface area contributed by atoms with Crippen LogP contribution >= 0.6 is 0 Å². The number of aliphatic hydroxyl groups is 1. The number of carbonyl (C=O) groups is 1. The van der Waals surface area contributed by atoms with E-state index < -0.39 is 8.07 Å². The van der Waals surface area contributed by atoms with Crippen LogP contribution in [0.1, 0.15) is 79.7 Å². The number of ketones is 1. The van der Waals surface area contributed by atoms with Crippen molar-refractivity contribution in [1.29, 1.82) is 0 Å². The Morgan fingerprint density at radius 2 is 1.51 bits per heavy atom. The van der Waals surface area contributed by atoms with E-state index in [-0.39, 0.29) is 48.9 Å². The van der Waals surface area contributed by atoms with Gasteiger partial charge in [-0.05, 0) is 43.2 Å². The summed E-state index contributed by atoms with van der Waals surface area (Å²) in [5, 5.41) is 14.6. The van der Waals surface area contributed by atoms with Crippen molar-refractivity contribution < 1.29 is 34.4 Å². The summed E-state index contributed by atoms with van der Waals surface area (Å²) in [5.74, 6) is 1.42. The van der Waals surface area contributed by atoms with Crippen LogP contribution in [0.5, 0.6) is 0 Å². The Labute approximate surface area is 308 Å². The van der Waals surface area contributed by atoms with Crippen molar-refractivity contribution in [1.82, 2.24) is 4.98 Å². The molecule has 49 heavy (non-hydrogen) atoms. The van der Waals surface area contributed by atoms with Crippen LogP contribution in [0.15, 0.2) is 89.2 Å². The minimum atomic E-state index is -1.33. The fourth-order valence-corrected chi connectivity index (χ4v) is 7.36. The second-order valence-electron chi connectivity index (χ2n) is 14.9. The molecule has 0 spiro atoms. The molecule has 0 aliphatic rings. The number of carbonyl (C=O) groups excluding carboxylic acids is 1. The quantitative estimate of drug-likeness (QED) is 0.0658. The van der Waals surface area contributed by atoms with Crippen molar-refractivity contribution in [3.8, 4) is 22.6 Å². The molecule has 0 saturated carbocycles. The molecule has 2 heterocycles. The van der Waals surface area contributed by atoms with Crippen molar-refractivity contribution >= 4 is 40.8 Å².